The summed E-state index contributed by atoms with van der Waals surface area (Å²) in [6.07, 6.45) is 4.45. The maximum absolute atomic E-state index is 11.6. The quantitative estimate of drug-likeness (QED) is 0.526. The second-order valence-electron chi connectivity index (χ2n) is 4.58. The smallest absolute Gasteiger partial charge is 0.141 e. The van der Waals surface area contributed by atoms with E-state index in [2.05, 4.69) is 4.90 Å². The van der Waals surface area contributed by atoms with Crippen LogP contribution in [-0.2, 0) is 4.79 Å². The highest BCUT2D eigenvalue weighted by Crippen LogP contribution is 2.38. The van der Waals surface area contributed by atoms with Gasteiger partial charge in [-0.3, -0.25) is 4.79 Å². The van der Waals surface area contributed by atoms with Crippen molar-refractivity contribution in [1.29, 1.82) is 0 Å². The molecule has 2 nitrogen and oxygen atoms in total. The number of piperidine rings is 2. The molecular weight excluding hydrogens is 150 g/mol. The zero-order chi connectivity index (χ0) is 8.13. The van der Waals surface area contributed by atoms with E-state index in [1.165, 1.54) is 19.4 Å². The molecule has 3 saturated heterocycles. The Labute approximate surface area is 72.9 Å². The van der Waals surface area contributed by atoms with Crippen molar-refractivity contribution in [2.24, 2.45) is 17.8 Å². The zero-order valence-corrected chi connectivity index (χ0v) is 7.20. The second-order valence-corrected chi connectivity index (χ2v) is 4.58. The predicted octanol–water partition coefficient (Wildman–Crippen LogP) is 0.731. The van der Waals surface area contributed by atoms with E-state index in [0.717, 1.165) is 19.0 Å². The van der Waals surface area contributed by atoms with Crippen molar-refractivity contribution in [2.75, 3.05) is 19.6 Å². The minimum atomic E-state index is 0.358. The molecule has 0 aromatic rings. The van der Waals surface area contributed by atoms with Crippen LogP contribution in [0.2, 0.25) is 0 Å². The molecule has 2 heteroatoms. The van der Waals surface area contributed by atoms with Gasteiger partial charge < -0.3 is 4.90 Å². The number of nitrogens with zero attached hydrogens (tertiary/aromatic N) is 1. The van der Waals surface area contributed by atoms with E-state index < -0.39 is 0 Å². The number of carbonyl (C=O) groups is 1. The van der Waals surface area contributed by atoms with Crippen LogP contribution in [0, 0.1) is 24.2 Å². The molecule has 4 fully saturated rings. The van der Waals surface area contributed by atoms with Gasteiger partial charge in [0.05, 0.1) is 0 Å². The molecule has 3 aliphatic heterocycles. The van der Waals surface area contributed by atoms with Crippen molar-refractivity contribution in [1.82, 2.24) is 4.90 Å². The molecule has 0 aromatic carbocycles. The Morgan fingerprint density at radius 2 is 2.17 bits per heavy atom. The molecule has 1 aliphatic carbocycles. The Balaban J connectivity index is 1.95. The summed E-state index contributed by atoms with van der Waals surface area (Å²) in [4.78, 5) is 14.1. The topological polar surface area (TPSA) is 20.3 Å². The Kier molecular flexibility index (Phi) is 1.37. The number of rotatable bonds is 0. The van der Waals surface area contributed by atoms with Crippen LogP contribution in [-0.4, -0.2) is 30.3 Å². The summed E-state index contributed by atoms with van der Waals surface area (Å²) in [5.41, 5.74) is 0. The lowest BCUT2D eigenvalue weighted by Crippen LogP contribution is -2.45. The molecule has 0 amide bonds. The van der Waals surface area contributed by atoms with Gasteiger partial charge in [-0.2, -0.15) is 0 Å². The average Bonchev–Trinajstić information content (AvgIpc) is 2.16. The van der Waals surface area contributed by atoms with Gasteiger partial charge in [0.15, 0.2) is 0 Å². The predicted molar refractivity (Wildman–Crippen MR) is 45.5 cm³/mol. The van der Waals surface area contributed by atoms with Gasteiger partial charge in [0.2, 0.25) is 0 Å². The third-order valence-electron chi connectivity index (χ3n) is 3.54. The minimum absolute atomic E-state index is 0.358. The summed E-state index contributed by atoms with van der Waals surface area (Å²) in [5, 5.41) is 0. The van der Waals surface area contributed by atoms with Crippen LogP contribution in [0.25, 0.3) is 0 Å². The lowest BCUT2D eigenvalue weighted by molar-refractivity contribution is -0.120. The van der Waals surface area contributed by atoms with Crippen LogP contribution >= 0.6 is 0 Å². The third kappa shape index (κ3) is 0.939. The summed E-state index contributed by atoms with van der Waals surface area (Å²) >= 11 is 0. The van der Waals surface area contributed by atoms with Crippen LogP contribution in [0.5, 0.6) is 0 Å². The Morgan fingerprint density at radius 1 is 1.25 bits per heavy atom. The molecule has 3 heterocycles. The normalized spacial score (nSPS) is 51.2. The standard InChI is InChI=1S/C10H14NO/c12-10-3-8-1-7-2-9(10)6-11(4-7)5-8/h3,7-9H,1-2,4-6H2. The Hall–Kier alpha value is -0.370. The average molecular weight is 164 g/mol. The van der Waals surface area contributed by atoms with Crippen molar-refractivity contribution in [2.45, 2.75) is 12.8 Å². The fraction of sp³-hybridized carbons (Fsp3) is 0.800. The molecule has 65 valence electrons. The molecule has 4 atom stereocenters. The van der Waals surface area contributed by atoms with E-state index in [-0.39, 0.29) is 0 Å². The van der Waals surface area contributed by atoms with Gasteiger partial charge in [-0.25, -0.2) is 0 Å². The van der Waals surface area contributed by atoms with Crippen molar-refractivity contribution < 1.29 is 4.79 Å². The van der Waals surface area contributed by atoms with E-state index in [1.807, 2.05) is 6.42 Å². The van der Waals surface area contributed by atoms with Crippen molar-refractivity contribution in [3.63, 3.8) is 0 Å². The van der Waals surface area contributed by atoms with E-state index in [4.69, 9.17) is 0 Å². The van der Waals surface area contributed by atoms with Gasteiger partial charge in [0.1, 0.15) is 5.78 Å². The summed E-state index contributed by atoms with van der Waals surface area (Å²) in [7, 11) is 0. The first-order valence-electron chi connectivity index (χ1n) is 4.92. The fourth-order valence-electron chi connectivity index (χ4n) is 3.15. The monoisotopic (exact) mass is 164 g/mol. The summed E-state index contributed by atoms with van der Waals surface area (Å²) in [5.74, 6) is 2.20. The fourth-order valence-corrected chi connectivity index (χ4v) is 3.15. The van der Waals surface area contributed by atoms with Crippen molar-refractivity contribution >= 4 is 5.78 Å². The molecule has 12 heavy (non-hydrogen) atoms. The summed E-state index contributed by atoms with van der Waals surface area (Å²) in [6, 6.07) is 0. The maximum Gasteiger partial charge on any atom is 0.141 e. The number of fused-ring (bicyclic) bond motifs is 1. The molecular formula is C10H14NO. The second kappa shape index (κ2) is 2.32. The van der Waals surface area contributed by atoms with Crippen LogP contribution in [0.4, 0.5) is 0 Å². The summed E-state index contributed by atoms with van der Waals surface area (Å²) in [6.45, 7) is 3.45. The molecule has 4 aliphatic rings. The van der Waals surface area contributed by atoms with Gasteiger partial charge in [-0.1, -0.05) is 0 Å². The molecule has 4 bridgehead atoms. The first-order chi connectivity index (χ1) is 5.81. The van der Waals surface area contributed by atoms with Crippen molar-refractivity contribution in [3.8, 4) is 0 Å². The SMILES string of the molecule is O=C1[CH]C2CC3CC1CN(C2)C3. The maximum atomic E-state index is 11.6. The van der Waals surface area contributed by atoms with Gasteiger partial charge in [-0.05, 0) is 24.7 Å². The first-order valence-corrected chi connectivity index (χ1v) is 4.92. The van der Waals surface area contributed by atoms with Crippen molar-refractivity contribution in [3.05, 3.63) is 6.42 Å². The van der Waals surface area contributed by atoms with Gasteiger partial charge >= 0.3 is 0 Å². The highest BCUT2D eigenvalue weighted by atomic mass is 16.1. The van der Waals surface area contributed by atoms with E-state index >= 15 is 0 Å². The van der Waals surface area contributed by atoms with Gasteiger partial charge in [0.25, 0.3) is 0 Å². The van der Waals surface area contributed by atoms with Gasteiger partial charge in [-0.15, -0.1) is 0 Å². The Morgan fingerprint density at radius 3 is 3.00 bits per heavy atom. The molecule has 4 rings (SSSR count). The lowest BCUT2D eigenvalue weighted by Gasteiger charge is -2.40. The highest BCUT2D eigenvalue weighted by Gasteiger charge is 2.41. The molecule has 1 saturated carbocycles. The highest BCUT2D eigenvalue weighted by molar-refractivity contribution is 5.90. The van der Waals surface area contributed by atoms with Crippen LogP contribution in [0.1, 0.15) is 12.8 Å². The first kappa shape index (κ1) is 7.07. The minimum Gasteiger partial charge on any atom is -0.302 e. The van der Waals surface area contributed by atoms with Crippen LogP contribution < -0.4 is 0 Å². The number of Topliss-reactive ketones (excluding diaryl/α,β-unsaturated/α-hetero) is 1. The van der Waals surface area contributed by atoms with Crippen LogP contribution in [0.3, 0.4) is 0 Å². The Bertz CT molecular complexity index is 212. The van der Waals surface area contributed by atoms with Crippen LogP contribution in [0.15, 0.2) is 0 Å². The van der Waals surface area contributed by atoms with Gasteiger partial charge in [0, 0.05) is 32.0 Å². The number of ketones is 1. The number of hydrogen-bond donors (Lipinski definition) is 0. The molecule has 0 aromatic heterocycles. The summed E-state index contributed by atoms with van der Waals surface area (Å²) < 4.78 is 0. The molecule has 0 N–H and O–H groups in total. The molecule has 4 unspecified atom stereocenters. The number of carbonyl (C=O) groups excluding carboxylic acids is 1. The third-order valence-corrected chi connectivity index (χ3v) is 3.54. The molecule has 0 spiro atoms. The van der Waals surface area contributed by atoms with E-state index in [9.17, 15) is 4.79 Å². The molecule has 1 radical (unpaired) electrons. The zero-order valence-electron chi connectivity index (χ0n) is 7.20. The lowest BCUT2D eigenvalue weighted by atomic mass is 9.83. The largest absolute Gasteiger partial charge is 0.302 e. The van der Waals surface area contributed by atoms with E-state index in [1.54, 1.807) is 0 Å². The number of hydrogen-bond acceptors (Lipinski definition) is 2. The van der Waals surface area contributed by atoms with E-state index in [0.29, 0.717) is 17.6 Å².